The van der Waals surface area contributed by atoms with Gasteiger partial charge in [0.1, 0.15) is 0 Å². The van der Waals surface area contributed by atoms with Gasteiger partial charge in [0.25, 0.3) is 0 Å². The molecule has 1 N–H and O–H groups in total. The largest absolute Gasteiger partial charge is 0.350 e. The molecular weight excluding hydrogens is 202 g/mol. The molecule has 0 aliphatic carbocycles. The third kappa shape index (κ3) is 3.20. The number of thioether (sulfide) groups is 1. The molecule has 0 radical (unpaired) electrons. The van der Waals surface area contributed by atoms with Crippen LogP contribution in [0.2, 0.25) is 0 Å². The number of aryl methyl sites for hydroxylation is 1. The first-order valence-electron chi connectivity index (χ1n) is 3.72. The van der Waals surface area contributed by atoms with Crippen LogP contribution < -0.4 is 5.43 Å². The molecule has 0 saturated heterocycles. The second kappa shape index (κ2) is 5.04. The molecule has 0 bridgehead atoms. The summed E-state index contributed by atoms with van der Waals surface area (Å²) < 4.78 is 2.65. The summed E-state index contributed by atoms with van der Waals surface area (Å²) in [7, 11) is 1.97. The fourth-order valence-electron chi connectivity index (χ4n) is 0.805. The summed E-state index contributed by atoms with van der Waals surface area (Å²) in [5, 5.41) is 3.99. The van der Waals surface area contributed by atoms with Crippen LogP contribution in [0.4, 0.5) is 0 Å². The minimum Gasteiger partial charge on any atom is -0.350 e. The highest BCUT2D eigenvalue weighted by atomic mass is 32.2. The van der Waals surface area contributed by atoms with Crippen molar-refractivity contribution in [2.24, 2.45) is 12.1 Å². The number of rotatable bonds is 2. The molecule has 1 aromatic heterocycles. The van der Waals surface area contributed by atoms with Crippen LogP contribution in [0.25, 0.3) is 0 Å². The van der Waals surface area contributed by atoms with Gasteiger partial charge >= 0.3 is 0 Å². The topological polar surface area (TPSA) is 29.3 Å². The van der Waals surface area contributed by atoms with E-state index in [1.54, 1.807) is 6.21 Å². The average Bonchev–Trinajstić information content (AvgIpc) is 2.52. The van der Waals surface area contributed by atoms with Crippen molar-refractivity contribution < 1.29 is 0 Å². The van der Waals surface area contributed by atoms with E-state index >= 15 is 0 Å². The van der Waals surface area contributed by atoms with Gasteiger partial charge in [0.05, 0.1) is 11.9 Å². The molecule has 3 nitrogen and oxygen atoms in total. The summed E-state index contributed by atoms with van der Waals surface area (Å²) in [5.74, 6) is 0. The van der Waals surface area contributed by atoms with E-state index in [1.807, 2.05) is 36.2 Å². The summed E-state index contributed by atoms with van der Waals surface area (Å²) in [5.41, 5.74) is 3.79. The maximum absolute atomic E-state index is 4.91. The van der Waals surface area contributed by atoms with Crippen LogP contribution in [-0.2, 0) is 7.05 Å². The molecule has 13 heavy (non-hydrogen) atoms. The van der Waals surface area contributed by atoms with Crippen LogP contribution in [0.1, 0.15) is 5.69 Å². The maximum Gasteiger partial charge on any atom is 0.153 e. The quantitative estimate of drug-likeness (QED) is 0.459. The van der Waals surface area contributed by atoms with Gasteiger partial charge in [-0.05, 0) is 18.4 Å². The first kappa shape index (κ1) is 10.3. The molecule has 0 unspecified atom stereocenters. The van der Waals surface area contributed by atoms with Gasteiger partial charge in [0, 0.05) is 13.2 Å². The molecule has 1 rings (SSSR count). The predicted molar refractivity (Wildman–Crippen MR) is 62.3 cm³/mol. The number of hydrogen-bond donors (Lipinski definition) is 1. The first-order valence-corrected chi connectivity index (χ1v) is 5.35. The lowest BCUT2D eigenvalue weighted by molar-refractivity contribution is 0.914. The Labute approximate surface area is 87.2 Å². The molecule has 0 saturated carbocycles. The highest BCUT2D eigenvalue weighted by Gasteiger charge is 1.91. The minimum absolute atomic E-state index is 0.672. The van der Waals surface area contributed by atoms with Crippen LogP contribution in [0, 0.1) is 0 Å². The number of nitrogens with one attached hydrogen (secondary N) is 1. The molecule has 0 aromatic carbocycles. The Hall–Kier alpha value is -0.810. The van der Waals surface area contributed by atoms with Gasteiger partial charge in [-0.1, -0.05) is 24.0 Å². The van der Waals surface area contributed by atoms with Gasteiger partial charge in [0.15, 0.2) is 4.32 Å². The lowest BCUT2D eigenvalue weighted by Gasteiger charge is -1.97. The summed E-state index contributed by atoms with van der Waals surface area (Å²) in [6.45, 7) is 0. The summed E-state index contributed by atoms with van der Waals surface area (Å²) in [4.78, 5) is 0. The molecule has 0 atom stereocenters. The lowest BCUT2D eigenvalue weighted by Crippen LogP contribution is -2.10. The molecular formula is C8H11N3S2. The van der Waals surface area contributed by atoms with Crippen LogP contribution in [-0.4, -0.2) is 21.4 Å². The molecule has 1 aromatic rings. The third-order valence-electron chi connectivity index (χ3n) is 1.52. The molecule has 0 aliphatic heterocycles. The smallest absolute Gasteiger partial charge is 0.153 e. The van der Waals surface area contributed by atoms with E-state index in [1.165, 1.54) is 11.8 Å². The second-order valence-corrected chi connectivity index (χ2v) is 3.89. The van der Waals surface area contributed by atoms with Gasteiger partial charge in [-0.3, -0.25) is 5.43 Å². The fraction of sp³-hybridized carbons (Fsp3) is 0.250. The van der Waals surface area contributed by atoms with Crippen molar-refractivity contribution >= 4 is 34.5 Å². The van der Waals surface area contributed by atoms with Crippen LogP contribution in [0.5, 0.6) is 0 Å². The van der Waals surface area contributed by atoms with E-state index in [2.05, 4.69) is 10.5 Å². The van der Waals surface area contributed by atoms with E-state index < -0.39 is 0 Å². The number of aromatic nitrogens is 1. The van der Waals surface area contributed by atoms with E-state index in [-0.39, 0.29) is 0 Å². The second-order valence-electron chi connectivity index (χ2n) is 2.41. The molecule has 1 heterocycles. The minimum atomic E-state index is 0.672. The zero-order valence-electron chi connectivity index (χ0n) is 7.52. The van der Waals surface area contributed by atoms with Crippen molar-refractivity contribution in [3.05, 3.63) is 24.0 Å². The Morgan fingerprint density at radius 1 is 1.77 bits per heavy atom. The Morgan fingerprint density at radius 3 is 3.08 bits per heavy atom. The Kier molecular flexibility index (Phi) is 3.98. The average molecular weight is 213 g/mol. The van der Waals surface area contributed by atoms with Crippen molar-refractivity contribution in [1.29, 1.82) is 0 Å². The predicted octanol–water partition coefficient (Wildman–Crippen LogP) is 1.60. The van der Waals surface area contributed by atoms with Crippen molar-refractivity contribution in [2.45, 2.75) is 0 Å². The highest BCUT2D eigenvalue weighted by Crippen LogP contribution is 1.96. The zero-order valence-corrected chi connectivity index (χ0v) is 9.15. The first-order chi connectivity index (χ1) is 6.24. The van der Waals surface area contributed by atoms with Crippen molar-refractivity contribution in [2.75, 3.05) is 6.26 Å². The van der Waals surface area contributed by atoms with Gasteiger partial charge in [-0.15, -0.1) is 0 Å². The molecule has 5 heteroatoms. The highest BCUT2D eigenvalue weighted by molar-refractivity contribution is 8.22. The molecule has 0 amide bonds. The van der Waals surface area contributed by atoms with Gasteiger partial charge < -0.3 is 4.57 Å². The van der Waals surface area contributed by atoms with Crippen LogP contribution >= 0.6 is 24.0 Å². The lowest BCUT2D eigenvalue weighted by atomic mass is 10.5. The van der Waals surface area contributed by atoms with Crippen molar-refractivity contribution in [3.63, 3.8) is 0 Å². The van der Waals surface area contributed by atoms with Gasteiger partial charge in [0.2, 0.25) is 0 Å². The third-order valence-corrected chi connectivity index (χ3v) is 2.58. The summed E-state index contributed by atoms with van der Waals surface area (Å²) in [6, 6.07) is 3.95. The zero-order chi connectivity index (χ0) is 9.68. The van der Waals surface area contributed by atoms with Gasteiger partial charge in [-0.25, -0.2) is 0 Å². The Morgan fingerprint density at radius 2 is 2.54 bits per heavy atom. The standard InChI is InChI=1S/C8H11N3S2/c1-11-5-3-4-7(11)6-9-10-8(12)13-2/h3-6H,1-2H3,(H,10,12)/b9-6+. The van der Waals surface area contributed by atoms with Gasteiger partial charge in [-0.2, -0.15) is 5.10 Å². The van der Waals surface area contributed by atoms with Crippen molar-refractivity contribution in [3.8, 4) is 0 Å². The van der Waals surface area contributed by atoms with E-state index in [9.17, 15) is 0 Å². The van der Waals surface area contributed by atoms with E-state index in [0.717, 1.165) is 5.69 Å². The molecule has 0 fully saturated rings. The normalized spacial score (nSPS) is 10.6. The summed E-state index contributed by atoms with van der Waals surface area (Å²) in [6.07, 6.45) is 5.62. The monoisotopic (exact) mass is 213 g/mol. The van der Waals surface area contributed by atoms with E-state index in [0.29, 0.717) is 4.32 Å². The van der Waals surface area contributed by atoms with Crippen LogP contribution in [0.15, 0.2) is 23.4 Å². The molecule has 70 valence electrons. The van der Waals surface area contributed by atoms with E-state index in [4.69, 9.17) is 12.2 Å². The SMILES string of the molecule is CSC(=S)N/N=C/c1cccn1C. The number of thiocarbonyl (C=S) groups is 1. The van der Waals surface area contributed by atoms with Crippen LogP contribution in [0.3, 0.4) is 0 Å². The fourth-order valence-corrected chi connectivity index (χ4v) is 1.00. The molecule has 0 spiro atoms. The molecule has 0 aliphatic rings. The number of hydrazone groups is 1. The van der Waals surface area contributed by atoms with Crippen molar-refractivity contribution in [1.82, 2.24) is 9.99 Å². The Bertz CT molecular complexity index is 317. The maximum atomic E-state index is 4.91. The Balaban J connectivity index is 2.50. The summed E-state index contributed by atoms with van der Waals surface area (Å²) >= 11 is 6.38. The number of hydrogen-bond acceptors (Lipinski definition) is 3. The number of nitrogens with zero attached hydrogens (tertiary/aromatic N) is 2.